The minimum absolute atomic E-state index is 0.126. The van der Waals surface area contributed by atoms with Crippen LogP contribution in [0.1, 0.15) is 0 Å². The number of ether oxygens (including phenoxy) is 1. The Morgan fingerprint density at radius 3 is 2.90 bits per heavy atom. The molecule has 1 aromatic heterocycles. The second kappa shape index (κ2) is 6.09. The van der Waals surface area contributed by atoms with Gasteiger partial charge >= 0.3 is 5.97 Å². The summed E-state index contributed by atoms with van der Waals surface area (Å²) in [5.41, 5.74) is 0.346. The first-order valence-corrected chi connectivity index (χ1v) is 5.91. The summed E-state index contributed by atoms with van der Waals surface area (Å²) in [6.45, 7) is -0.507. The predicted octanol–water partition coefficient (Wildman–Crippen LogP) is 0.484. The molecule has 9 heteroatoms. The van der Waals surface area contributed by atoms with Crippen molar-refractivity contribution in [1.82, 2.24) is 9.97 Å². The van der Waals surface area contributed by atoms with E-state index in [1.54, 1.807) is 0 Å². The molecule has 0 aliphatic heterocycles. The van der Waals surface area contributed by atoms with Crippen molar-refractivity contribution in [2.24, 2.45) is 0 Å². The van der Waals surface area contributed by atoms with Gasteiger partial charge in [0.1, 0.15) is 18.2 Å². The van der Waals surface area contributed by atoms with E-state index < -0.39 is 23.5 Å². The van der Waals surface area contributed by atoms with Gasteiger partial charge in [0, 0.05) is 17.5 Å². The molecule has 0 aliphatic rings. The minimum Gasteiger partial charge on any atom is -0.467 e. The fourth-order valence-corrected chi connectivity index (χ4v) is 1.76. The van der Waals surface area contributed by atoms with E-state index in [9.17, 15) is 20.0 Å². The molecular formula is C12H12N4O5. The number of hydrogen-bond acceptors (Lipinski definition) is 8. The second-order valence-electron chi connectivity index (χ2n) is 4.08. The zero-order chi connectivity index (χ0) is 15.4. The molecule has 0 amide bonds. The van der Waals surface area contributed by atoms with Crippen LogP contribution in [0, 0.1) is 10.1 Å². The van der Waals surface area contributed by atoms with Crippen molar-refractivity contribution < 1.29 is 19.6 Å². The summed E-state index contributed by atoms with van der Waals surface area (Å²) in [6.07, 6.45) is 1.25. The average molecular weight is 292 g/mol. The predicted molar refractivity (Wildman–Crippen MR) is 72.7 cm³/mol. The number of hydrogen-bond donors (Lipinski definition) is 2. The van der Waals surface area contributed by atoms with Crippen LogP contribution in [0.2, 0.25) is 0 Å². The lowest BCUT2D eigenvalue weighted by Gasteiger charge is -2.15. The van der Waals surface area contributed by atoms with Crippen LogP contribution in [0.15, 0.2) is 24.5 Å². The number of carbonyl (C=O) groups excluding carboxylic acids is 1. The number of anilines is 1. The summed E-state index contributed by atoms with van der Waals surface area (Å²) in [4.78, 5) is 29.7. The molecule has 0 aliphatic carbocycles. The van der Waals surface area contributed by atoms with Gasteiger partial charge in [-0.3, -0.25) is 10.1 Å². The third-order valence-corrected chi connectivity index (χ3v) is 2.81. The van der Waals surface area contributed by atoms with Crippen molar-refractivity contribution >= 4 is 28.4 Å². The Morgan fingerprint density at radius 1 is 1.52 bits per heavy atom. The Morgan fingerprint density at radius 2 is 2.29 bits per heavy atom. The number of fused-ring (bicyclic) bond motifs is 1. The number of aliphatic hydroxyl groups is 1. The molecule has 0 saturated carbocycles. The number of nitro groups is 1. The monoisotopic (exact) mass is 292 g/mol. The molecule has 0 bridgehead atoms. The highest BCUT2D eigenvalue weighted by Gasteiger charge is 2.20. The van der Waals surface area contributed by atoms with Crippen LogP contribution in [0.5, 0.6) is 0 Å². The van der Waals surface area contributed by atoms with Crippen molar-refractivity contribution in [3.8, 4) is 0 Å². The molecule has 0 spiro atoms. The molecule has 0 fully saturated rings. The summed E-state index contributed by atoms with van der Waals surface area (Å²) in [5.74, 6) is -0.470. The van der Waals surface area contributed by atoms with E-state index in [0.717, 1.165) is 0 Å². The number of rotatable bonds is 5. The first-order valence-electron chi connectivity index (χ1n) is 5.91. The van der Waals surface area contributed by atoms with Crippen LogP contribution in [0.4, 0.5) is 11.5 Å². The van der Waals surface area contributed by atoms with Crippen LogP contribution >= 0.6 is 0 Å². The van der Waals surface area contributed by atoms with E-state index in [4.69, 9.17) is 0 Å². The molecule has 1 atom stereocenters. The van der Waals surface area contributed by atoms with Gasteiger partial charge in [-0.2, -0.15) is 0 Å². The van der Waals surface area contributed by atoms with Gasteiger partial charge in [0.15, 0.2) is 0 Å². The molecule has 0 radical (unpaired) electrons. The Balaban J connectivity index is 2.45. The number of methoxy groups -OCH3 is 1. The highest BCUT2D eigenvalue weighted by Crippen LogP contribution is 2.24. The number of aliphatic hydroxyl groups excluding tert-OH is 1. The number of aromatic nitrogens is 2. The largest absolute Gasteiger partial charge is 0.467 e. The van der Waals surface area contributed by atoms with Crippen molar-refractivity contribution in [2.45, 2.75) is 6.04 Å². The Kier molecular flexibility index (Phi) is 4.24. The normalized spacial score (nSPS) is 11.9. The molecule has 2 aromatic rings. The molecule has 0 saturated heterocycles. The van der Waals surface area contributed by atoms with E-state index in [1.807, 2.05) is 0 Å². The van der Waals surface area contributed by atoms with E-state index in [0.29, 0.717) is 10.9 Å². The maximum absolute atomic E-state index is 11.5. The van der Waals surface area contributed by atoms with Gasteiger partial charge < -0.3 is 15.2 Å². The summed E-state index contributed by atoms with van der Waals surface area (Å²) in [5, 5.41) is 23.1. The zero-order valence-electron chi connectivity index (χ0n) is 11.0. The van der Waals surface area contributed by atoms with E-state index in [1.165, 1.54) is 31.6 Å². The van der Waals surface area contributed by atoms with Crippen LogP contribution < -0.4 is 5.32 Å². The van der Waals surface area contributed by atoms with Crippen LogP contribution in [0.25, 0.3) is 10.9 Å². The fourth-order valence-electron chi connectivity index (χ4n) is 1.76. The third kappa shape index (κ3) is 3.03. The molecule has 2 N–H and O–H groups in total. The molecule has 21 heavy (non-hydrogen) atoms. The zero-order valence-corrected chi connectivity index (χ0v) is 11.0. The van der Waals surface area contributed by atoms with Crippen molar-refractivity contribution in [2.75, 3.05) is 19.0 Å². The highest BCUT2D eigenvalue weighted by atomic mass is 16.6. The Labute approximate surface area is 118 Å². The smallest absolute Gasteiger partial charge is 0.330 e. The number of benzene rings is 1. The molecular weight excluding hydrogens is 280 g/mol. The molecule has 1 heterocycles. The third-order valence-electron chi connectivity index (χ3n) is 2.81. The van der Waals surface area contributed by atoms with E-state index >= 15 is 0 Å². The molecule has 2 rings (SSSR count). The number of nitro benzene ring substituents is 1. The number of carbonyl (C=O) groups is 1. The lowest BCUT2D eigenvalue weighted by molar-refractivity contribution is -0.384. The molecule has 110 valence electrons. The van der Waals surface area contributed by atoms with Gasteiger partial charge in [0.25, 0.3) is 5.69 Å². The van der Waals surface area contributed by atoms with Gasteiger partial charge in [0.05, 0.1) is 24.2 Å². The summed E-state index contributed by atoms with van der Waals surface area (Å²) < 4.78 is 4.54. The van der Waals surface area contributed by atoms with Crippen molar-refractivity contribution in [1.29, 1.82) is 0 Å². The molecule has 9 nitrogen and oxygen atoms in total. The number of nitrogens with one attached hydrogen (secondary N) is 1. The van der Waals surface area contributed by atoms with Crippen LogP contribution in [-0.2, 0) is 9.53 Å². The maximum Gasteiger partial charge on any atom is 0.330 e. The van der Waals surface area contributed by atoms with Gasteiger partial charge in [-0.25, -0.2) is 14.8 Å². The molecule has 1 unspecified atom stereocenters. The topological polar surface area (TPSA) is 127 Å². The summed E-state index contributed by atoms with van der Waals surface area (Å²) in [6, 6.07) is 3.08. The Bertz CT molecular complexity index is 690. The average Bonchev–Trinajstić information content (AvgIpc) is 2.51. The van der Waals surface area contributed by atoms with Gasteiger partial charge in [-0.15, -0.1) is 0 Å². The van der Waals surface area contributed by atoms with E-state index in [2.05, 4.69) is 20.0 Å². The van der Waals surface area contributed by atoms with Crippen LogP contribution in [-0.4, -0.2) is 45.7 Å². The van der Waals surface area contributed by atoms with Crippen LogP contribution in [0.3, 0.4) is 0 Å². The molecule has 1 aromatic carbocycles. The van der Waals surface area contributed by atoms with Gasteiger partial charge in [-0.1, -0.05) is 0 Å². The first kappa shape index (κ1) is 14.6. The highest BCUT2D eigenvalue weighted by molar-refractivity contribution is 5.92. The first-order chi connectivity index (χ1) is 10.1. The second-order valence-corrected chi connectivity index (χ2v) is 4.08. The quantitative estimate of drug-likeness (QED) is 0.463. The van der Waals surface area contributed by atoms with Gasteiger partial charge in [-0.05, 0) is 6.07 Å². The lowest BCUT2D eigenvalue weighted by Crippen LogP contribution is -2.34. The number of esters is 1. The van der Waals surface area contributed by atoms with Crippen molar-refractivity contribution in [3.05, 3.63) is 34.6 Å². The maximum atomic E-state index is 11.5. The van der Waals surface area contributed by atoms with Crippen molar-refractivity contribution in [3.63, 3.8) is 0 Å². The fraction of sp³-hybridized carbons (Fsp3) is 0.250. The minimum atomic E-state index is -1.02. The number of non-ortho nitro benzene ring substituents is 1. The standard InChI is InChI=1S/C12H12N4O5/c1-21-12(18)10(5-17)15-11-8-4-7(16(19)20)2-3-9(8)13-6-14-11/h2-4,6,10,17H,5H2,1H3,(H,13,14,15). The lowest BCUT2D eigenvalue weighted by atomic mass is 10.2. The Hall–Kier alpha value is -2.81. The summed E-state index contributed by atoms with van der Waals surface area (Å²) in [7, 11) is 1.19. The number of nitrogens with zero attached hydrogens (tertiary/aromatic N) is 3. The SMILES string of the molecule is COC(=O)C(CO)Nc1ncnc2ccc([N+](=O)[O-])cc12. The van der Waals surface area contributed by atoms with E-state index in [-0.39, 0.29) is 11.5 Å². The van der Waals surface area contributed by atoms with Gasteiger partial charge in [0.2, 0.25) is 0 Å². The summed E-state index contributed by atoms with van der Waals surface area (Å²) >= 11 is 0.